The van der Waals surface area contributed by atoms with Crippen LogP contribution in [-0.2, 0) is 5.41 Å². The third-order valence-corrected chi connectivity index (χ3v) is 10.4. The van der Waals surface area contributed by atoms with Gasteiger partial charge in [0.25, 0.3) is 0 Å². The first-order valence-electron chi connectivity index (χ1n) is 14.5. The van der Waals surface area contributed by atoms with Crippen LogP contribution in [0, 0.1) is 20.8 Å². The highest BCUT2D eigenvalue weighted by molar-refractivity contribution is 7.22. The normalized spacial score (nSPS) is 13.7. The number of aryl methyl sites for hydroxylation is 3. The second-order valence-electron chi connectivity index (χ2n) is 12.4. The van der Waals surface area contributed by atoms with Crippen molar-refractivity contribution < 1.29 is 0 Å². The quantitative estimate of drug-likeness (QED) is 0.190. The van der Waals surface area contributed by atoms with Gasteiger partial charge in [0.05, 0.1) is 0 Å². The van der Waals surface area contributed by atoms with E-state index in [1.165, 1.54) is 92.1 Å². The molecular weight excluding hydrogens is 513 g/mol. The largest absolute Gasteiger partial charge is 0.135 e. The van der Waals surface area contributed by atoms with Gasteiger partial charge in [-0.3, -0.25) is 0 Å². The molecule has 0 amide bonds. The first-order valence-corrected chi connectivity index (χ1v) is 15.3. The van der Waals surface area contributed by atoms with Crippen molar-refractivity contribution in [2.24, 2.45) is 0 Å². The molecule has 0 N–H and O–H groups in total. The second-order valence-corrected chi connectivity index (χ2v) is 13.4. The standard InChI is InChI=1S/C40H32S/c1-23-19-24(2)21-27(20-23)37-30-14-8-6-12-28(30)36(29-13-7-9-15-31(29)37)26-17-18-32-33(22-26)40(4,5)38-35-25(3)11-10-16-34(35)41-39(32)38/h6-22H,1-5H3. The molecule has 1 aromatic heterocycles. The minimum atomic E-state index is -0.0598. The molecule has 0 spiro atoms. The summed E-state index contributed by atoms with van der Waals surface area (Å²) in [5.74, 6) is 0. The first-order chi connectivity index (χ1) is 19.8. The van der Waals surface area contributed by atoms with E-state index in [-0.39, 0.29) is 5.41 Å². The molecule has 0 radical (unpaired) electrons. The van der Waals surface area contributed by atoms with Crippen LogP contribution in [0.15, 0.2) is 103 Å². The summed E-state index contributed by atoms with van der Waals surface area (Å²) >= 11 is 1.95. The summed E-state index contributed by atoms with van der Waals surface area (Å²) < 4.78 is 1.40. The summed E-state index contributed by atoms with van der Waals surface area (Å²) in [4.78, 5) is 1.45. The maximum Gasteiger partial charge on any atom is 0.0399 e. The fourth-order valence-electron chi connectivity index (χ4n) is 7.53. The summed E-state index contributed by atoms with van der Waals surface area (Å²) in [7, 11) is 0. The van der Waals surface area contributed by atoms with Crippen molar-refractivity contribution in [2.75, 3.05) is 0 Å². The lowest BCUT2D eigenvalue weighted by Crippen LogP contribution is -2.15. The van der Waals surface area contributed by atoms with Crippen LogP contribution >= 0.6 is 11.3 Å². The van der Waals surface area contributed by atoms with Crippen molar-refractivity contribution in [3.8, 4) is 32.7 Å². The van der Waals surface area contributed by atoms with E-state index in [0.717, 1.165) is 0 Å². The predicted octanol–water partition coefficient (Wildman–Crippen LogP) is 11.8. The van der Waals surface area contributed by atoms with Gasteiger partial charge in [0.1, 0.15) is 0 Å². The van der Waals surface area contributed by atoms with Gasteiger partial charge in [-0.15, -0.1) is 11.3 Å². The average molecular weight is 545 g/mol. The Labute approximate surface area is 245 Å². The van der Waals surface area contributed by atoms with Crippen LogP contribution in [0.5, 0.6) is 0 Å². The Hall–Kier alpha value is -4.20. The lowest BCUT2D eigenvalue weighted by atomic mass is 9.79. The minimum Gasteiger partial charge on any atom is -0.135 e. The molecule has 0 saturated carbocycles. The molecule has 198 valence electrons. The van der Waals surface area contributed by atoms with Crippen molar-refractivity contribution in [2.45, 2.75) is 40.0 Å². The van der Waals surface area contributed by atoms with E-state index in [2.05, 4.69) is 138 Å². The molecule has 6 aromatic carbocycles. The van der Waals surface area contributed by atoms with Gasteiger partial charge in [-0.25, -0.2) is 0 Å². The molecule has 0 aliphatic heterocycles. The van der Waals surface area contributed by atoms with E-state index < -0.39 is 0 Å². The van der Waals surface area contributed by atoms with Gasteiger partial charge >= 0.3 is 0 Å². The van der Waals surface area contributed by atoms with Crippen LogP contribution in [-0.4, -0.2) is 0 Å². The molecule has 41 heavy (non-hydrogen) atoms. The fourth-order valence-corrected chi connectivity index (χ4v) is 9.00. The molecule has 0 fully saturated rings. The van der Waals surface area contributed by atoms with Crippen molar-refractivity contribution in [3.05, 3.63) is 131 Å². The first kappa shape index (κ1) is 24.6. The zero-order valence-electron chi connectivity index (χ0n) is 24.2. The third kappa shape index (κ3) is 3.46. The number of thiophene rings is 1. The van der Waals surface area contributed by atoms with Crippen LogP contribution < -0.4 is 0 Å². The highest BCUT2D eigenvalue weighted by Gasteiger charge is 2.39. The van der Waals surface area contributed by atoms with E-state index in [0.29, 0.717) is 0 Å². The molecule has 8 rings (SSSR count). The molecule has 0 nitrogen and oxygen atoms in total. The molecule has 1 aliphatic rings. The molecular formula is C40H32S. The number of fused-ring (bicyclic) bond motifs is 7. The smallest absolute Gasteiger partial charge is 0.0399 e. The predicted molar refractivity (Wildman–Crippen MR) is 179 cm³/mol. The Morgan fingerprint density at radius 2 is 1.15 bits per heavy atom. The van der Waals surface area contributed by atoms with Crippen molar-refractivity contribution in [3.63, 3.8) is 0 Å². The Morgan fingerprint density at radius 1 is 0.561 bits per heavy atom. The topological polar surface area (TPSA) is 0 Å². The SMILES string of the molecule is Cc1cc(C)cc(-c2c3ccccc3c(-c3ccc4c(c3)C(C)(C)c3c-4sc4cccc(C)c34)c3ccccc23)c1. The van der Waals surface area contributed by atoms with Crippen LogP contribution in [0.2, 0.25) is 0 Å². The Balaban J connectivity index is 1.43. The summed E-state index contributed by atoms with van der Waals surface area (Å²) in [6.45, 7) is 11.5. The lowest BCUT2D eigenvalue weighted by molar-refractivity contribution is 0.667. The zero-order chi connectivity index (χ0) is 28.0. The highest BCUT2D eigenvalue weighted by Crippen LogP contribution is 2.57. The van der Waals surface area contributed by atoms with E-state index in [1.54, 1.807) is 0 Å². The van der Waals surface area contributed by atoms with E-state index in [1.807, 2.05) is 11.3 Å². The zero-order valence-corrected chi connectivity index (χ0v) is 25.0. The molecule has 0 unspecified atom stereocenters. The van der Waals surface area contributed by atoms with Gasteiger partial charge < -0.3 is 0 Å². The molecule has 7 aromatic rings. The summed E-state index contributed by atoms with van der Waals surface area (Å²) in [6, 6.07) is 38.9. The van der Waals surface area contributed by atoms with Crippen LogP contribution in [0.4, 0.5) is 0 Å². The number of hydrogen-bond acceptors (Lipinski definition) is 1. The van der Waals surface area contributed by atoms with Crippen LogP contribution in [0.3, 0.4) is 0 Å². The molecule has 1 heteroatoms. The van der Waals surface area contributed by atoms with Gasteiger partial charge in [-0.05, 0) is 99.0 Å². The van der Waals surface area contributed by atoms with Crippen molar-refractivity contribution in [1.82, 2.24) is 0 Å². The van der Waals surface area contributed by atoms with Gasteiger partial charge in [-0.1, -0.05) is 116 Å². The van der Waals surface area contributed by atoms with Crippen molar-refractivity contribution >= 4 is 43.0 Å². The van der Waals surface area contributed by atoms with Gasteiger partial charge in [0.15, 0.2) is 0 Å². The summed E-state index contributed by atoms with van der Waals surface area (Å²) in [5, 5.41) is 6.70. The summed E-state index contributed by atoms with van der Waals surface area (Å²) in [5.41, 5.74) is 13.5. The monoisotopic (exact) mass is 544 g/mol. The molecule has 0 saturated heterocycles. The molecule has 0 bridgehead atoms. The van der Waals surface area contributed by atoms with Gasteiger partial charge in [0.2, 0.25) is 0 Å². The Morgan fingerprint density at radius 3 is 1.76 bits per heavy atom. The minimum absolute atomic E-state index is 0.0598. The number of benzene rings is 6. The number of rotatable bonds is 2. The average Bonchev–Trinajstić information content (AvgIpc) is 3.45. The van der Waals surface area contributed by atoms with Crippen LogP contribution in [0.1, 0.15) is 41.7 Å². The van der Waals surface area contributed by atoms with E-state index in [9.17, 15) is 0 Å². The van der Waals surface area contributed by atoms with Gasteiger partial charge in [-0.2, -0.15) is 0 Å². The maximum absolute atomic E-state index is 2.50. The molecule has 0 atom stereocenters. The highest BCUT2D eigenvalue weighted by atomic mass is 32.1. The lowest BCUT2D eigenvalue weighted by Gasteiger charge is -2.24. The fraction of sp³-hybridized carbons (Fsp3) is 0.150. The van der Waals surface area contributed by atoms with Gasteiger partial charge in [0, 0.05) is 20.4 Å². The Bertz CT molecular complexity index is 2130. The Kier molecular flexibility index (Phi) is 5.19. The molecule has 1 aliphatic carbocycles. The van der Waals surface area contributed by atoms with E-state index >= 15 is 0 Å². The third-order valence-electron chi connectivity index (χ3n) is 9.22. The van der Waals surface area contributed by atoms with Crippen molar-refractivity contribution in [1.29, 1.82) is 0 Å². The second kappa shape index (κ2) is 8.65. The molecule has 1 heterocycles. The summed E-state index contributed by atoms with van der Waals surface area (Å²) in [6.07, 6.45) is 0. The van der Waals surface area contributed by atoms with Crippen LogP contribution in [0.25, 0.3) is 64.3 Å². The number of hydrogen-bond donors (Lipinski definition) is 0. The van der Waals surface area contributed by atoms with E-state index in [4.69, 9.17) is 0 Å². The maximum atomic E-state index is 2.50.